The van der Waals surface area contributed by atoms with Crippen LogP contribution in [0.25, 0.3) is 66.4 Å². The molecule has 2 fully saturated rings. The van der Waals surface area contributed by atoms with Crippen molar-refractivity contribution in [1.82, 2.24) is 58.6 Å². The predicted molar refractivity (Wildman–Crippen MR) is 283 cm³/mol. The second-order valence-electron chi connectivity index (χ2n) is 18.6. The van der Waals surface area contributed by atoms with Crippen LogP contribution in [-0.2, 0) is 0 Å². The molecule has 0 radical (unpaired) electrons. The van der Waals surface area contributed by atoms with Crippen LogP contribution in [0.5, 0.6) is 11.5 Å². The molecule has 2 aliphatic carbocycles. The highest BCUT2D eigenvalue weighted by Crippen LogP contribution is 2.40. The minimum atomic E-state index is -0.532. The third kappa shape index (κ3) is 8.41. The summed E-state index contributed by atoms with van der Waals surface area (Å²) in [6.45, 7) is 3.79. The number of nitrogens with zero attached hydrogens (tertiary/aromatic N) is 12. The van der Waals surface area contributed by atoms with Gasteiger partial charge in [0.05, 0.1) is 56.8 Å². The van der Waals surface area contributed by atoms with Crippen molar-refractivity contribution in [3.8, 4) is 34.0 Å². The largest absolute Gasteiger partial charge is 0.494 e. The highest BCUT2D eigenvalue weighted by Gasteiger charge is 2.32. The van der Waals surface area contributed by atoms with Crippen molar-refractivity contribution in [2.24, 2.45) is 0 Å². The Morgan fingerprint density at radius 1 is 0.600 bits per heavy atom. The minimum Gasteiger partial charge on any atom is -0.494 e. The maximum Gasteiger partial charge on any atom is 0.261 e. The van der Waals surface area contributed by atoms with E-state index in [2.05, 4.69) is 19.9 Å². The smallest absolute Gasteiger partial charge is 0.261 e. The molecule has 2 saturated carbocycles. The van der Waals surface area contributed by atoms with Crippen LogP contribution in [0.1, 0.15) is 94.6 Å². The van der Waals surface area contributed by atoms with Gasteiger partial charge < -0.3 is 20.9 Å². The molecular formula is C53H48Cl2F2N14O4. The Morgan fingerprint density at radius 3 is 1.39 bits per heavy atom. The van der Waals surface area contributed by atoms with Crippen LogP contribution in [0.3, 0.4) is 0 Å². The minimum absolute atomic E-state index is 0.0208. The zero-order valence-electron chi connectivity index (χ0n) is 41.0. The Bertz CT molecular complexity index is 4020. The SMILES string of the molecule is COc1ccc(-c2nn(C(C)c3nc4c(Cl)cccc4c(=O)n3C3CCC3)c3ncnc(N)c23)cc1F.COc1ccc(-c2nn(C(C)c3nc4c(Cl)cccc4c(=O)n3C3CCCC3)c3ncnc(N)c23)cc1F. The lowest BCUT2D eigenvalue weighted by molar-refractivity contribution is 0.288. The lowest BCUT2D eigenvalue weighted by atomic mass is 9.92. The van der Waals surface area contributed by atoms with Gasteiger partial charge in [0.1, 0.15) is 59.4 Å². The lowest BCUT2D eigenvalue weighted by Crippen LogP contribution is -2.34. The molecule has 6 heterocycles. The van der Waals surface area contributed by atoms with Crippen LogP contribution in [0.2, 0.25) is 10.0 Å². The molecule has 2 unspecified atom stereocenters. The molecule has 0 aliphatic heterocycles. The standard InChI is InChI=1S/C27H25ClFN7O2.C26H23ClFN7O2/c1-14(25-33-23-17(8-5-9-18(23)28)27(37)35(25)16-6-3-4-7-16)36-26-21(24(30)31-13-32-26)22(34-36)15-10-11-20(38-2)19(29)12-15;1-13(24-32-22-16(7-4-8-17(22)27)26(36)34(24)15-5-3-6-15)35-25-20(23(29)30-12-31-25)21(33-35)14-9-10-19(37-2)18(28)11-14/h5,8-14,16H,3-4,6-7H2,1-2H3,(H2,30,31,32);4,7-13,15H,3,5-6H2,1-2H3,(H2,29,30,31). The van der Waals surface area contributed by atoms with E-state index in [0.29, 0.717) is 88.1 Å². The number of nitrogen functional groups attached to an aromatic ring is 2. The van der Waals surface area contributed by atoms with Gasteiger partial charge in [-0.1, -0.05) is 48.2 Å². The number of nitrogens with two attached hydrogens (primary N) is 2. The van der Waals surface area contributed by atoms with Crippen molar-refractivity contribution < 1.29 is 18.3 Å². The van der Waals surface area contributed by atoms with E-state index < -0.39 is 23.7 Å². The zero-order chi connectivity index (χ0) is 52.4. The molecule has 10 aromatic rings. The van der Waals surface area contributed by atoms with E-state index in [1.807, 2.05) is 13.8 Å². The van der Waals surface area contributed by atoms with Crippen LogP contribution in [0.15, 0.2) is 95.0 Å². The molecule has 22 heteroatoms. The number of halogens is 4. The van der Waals surface area contributed by atoms with E-state index in [1.165, 1.54) is 51.1 Å². The number of rotatable bonds is 10. The van der Waals surface area contributed by atoms with Crippen molar-refractivity contribution >= 4 is 78.7 Å². The number of fused-ring (bicyclic) bond motifs is 4. The quantitative estimate of drug-likeness (QED) is 0.130. The summed E-state index contributed by atoms with van der Waals surface area (Å²) in [4.78, 5) is 54.5. The first-order valence-corrected chi connectivity index (χ1v) is 25.1. The van der Waals surface area contributed by atoms with Crippen LogP contribution >= 0.6 is 23.2 Å². The van der Waals surface area contributed by atoms with E-state index in [1.54, 1.807) is 67.0 Å². The highest BCUT2D eigenvalue weighted by atomic mass is 35.5. The number of benzene rings is 4. The summed E-state index contributed by atoms with van der Waals surface area (Å²) in [6, 6.07) is 18.6. The van der Waals surface area contributed by atoms with Crippen molar-refractivity contribution in [2.45, 2.75) is 83.0 Å². The molecule has 0 amide bonds. The summed E-state index contributed by atoms with van der Waals surface area (Å²) in [5.41, 5.74) is 15.8. The molecule has 18 nitrogen and oxygen atoms in total. The molecule has 4 N–H and O–H groups in total. The van der Waals surface area contributed by atoms with Gasteiger partial charge in [0, 0.05) is 23.2 Å². The first-order valence-electron chi connectivity index (χ1n) is 24.3. The number of anilines is 2. The topological polar surface area (TPSA) is 227 Å². The Hall–Kier alpha value is -8.10. The molecule has 0 bridgehead atoms. The molecule has 6 aromatic heterocycles. The van der Waals surface area contributed by atoms with E-state index in [-0.39, 0.29) is 46.3 Å². The molecule has 2 aliphatic rings. The lowest BCUT2D eigenvalue weighted by Gasteiger charge is -2.31. The fourth-order valence-electron chi connectivity index (χ4n) is 10.3. The van der Waals surface area contributed by atoms with Gasteiger partial charge >= 0.3 is 0 Å². The van der Waals surface area contributed by atoms with E-state index in [9.17, 15) is 18.4 Å². The molecule has 382 valence electrons. The van der Waals surface area contributed by atoms with Crippen molar-refractivity contribution in [2.75, 3.05) is 25.7 Å². The second-order valence-corrected chi connectivity index (χ2v) is 19.5. The average Bonchev–Trinajstić information content (AvgIpc) is 4.17. The van der Waals surface area contributed by atoms with Gasteiger partial charge in [-0.15, -0.1) is 0 Å². The number of ether oxygens (including phenoxy) is 2. The Balaban J connectivity index is 0.000000161. The summed E-state index contributed by atoms with van der Waals surface area (Å²) in [5.74, 6) is 0.636. The molecule has 0 spiro atoms. The highest BCUT2D eigenvalue weighted by molar-refractivity contribution is 6.35. The Labute approximate surface area is 435 Å². The van der Waals surface area contributed by atoms with Gasteiger partial charge in [0.25, 0.3) is 11.1 Å². The molecule has 75 heavy (non-hydrogen) atoms. The monoisotopic (exact) mass is 1050 g/mol. The number of hydrogen-bond donors (Lipinski definition) is 2. The molecule has 2 atom stereocenters. The first kappa shape index (κ1) is 49.1. The molecule has 0 saturated heterocycles. The first-order chi connectivity index (χ1) is 36.3. The number of hydrogen-bond acceptors (Lipinski definition) is 14. The maximum absolute atomic E-state index is 14.6. The predicted octanol–water partition coefficient (Wildman–Crippen LogP) is 10.2. The van der Waals surface area contributed by atoms with E-state index in [4.69, 9.17) is 64.3 Å². The summed E-state index contributed by atoms with van der Waals surface area (Å²) in [7, 11) is 2.81. The third-order valence-corrected chi connectivity index (χ3v) is 14.9. The Morgan fingerprint density at radius 2 is 1.01 bits per heavy atom. The number of para-hydroxylation sites is 2. The fraction of sp³-hybridized carbons (Fsp3) is 0.283. The summed E-state index contributed by atoms with van der Waals surface area (Å²) < 4.78 is 46.2. The van der Waals surface area contributed by atoms with Crippen LogP contribution in [0.4, 0.5) is 20.4 Å². The van der Waals surface area contributed by atoms with Gasteiger partial charge in [-0.2, -0.15) is 10.2 Å². The van der Waals surface area contributed by atoms with Gasteiger partial charge in [0.15, 0.2) is 34.4 Å². The maximum atomic E-state index is 14.6. The van der Waals surface area contributed by atoms with Crippen molar-refractivity contribution in [3.05, 3.63) is 139 Å². The van der Waals surface area contributed by atoms with Crippen LogP contribution in [-0.4, -0.2) is 72.8 Å². The summed E-state index contributed by atoms with van der Waals surface area (Å²) >= 11 is 12.9. The second kappa shape index (κ2) is 19.6. The van der Waals surface area contributed by atoms with E-state index in [0.717, 1.165) is 44.9 Å². The van der Waals surface area contributed by atoms with E-state index >= 15 is 0 Å². The summed E-state index contributed by atoms with van der Waals surface area (Å²) in [6.07, 6.45) is 9.38. The molecular weight excluding hydrogens is 1010 g/mol. The number of methoxy groups -OCH3 is 2. The Kier molecular flexibility index (Phi) is 12.9. The van der Waals surface area contributed by atoms with Crippen molar-refractivity contribution in [3.63, 3.8) is 0 Å². The average molecular weight is 1050 g/mol. The zero-order valence-corrected chi connectivity index (χ0v) is 42.5. The van der Waals surface area contributed by atoms with Gasteiger partial charge in [-0.25, -0.2) is 48.0 Å². The van der Waals surface area contributed by atoms with Gasteiger partial charge in [-0.05, 0) is 107 Å². The van der Waals surface area contributed by atoms with Gasteiger partial charge in [0.2, 0.25) is 0 Å². The van der Waals surface area contributed by atoms with Crippen LogP contribution in [0, 0.1) is 11.6 Å². The van der Waals surface area contributed by atoms with Gasteiger partial charge in [-0.3, -0.25) is 18.7 Å². The van der Waals surface area contributed by atoms with Crippen LogP contribution < -0.4 is 32.1 Å². The normalized spacial score (nSPS) is 14.8. The van der Waals surface area contributed by atoms with Crippen molar-refractivity contribution in [1.29, 1.82) is 0 Å². The fourth-order valence-corrected chi connectivity index (χ4v) is 10.7. The number of aromatic nitrogens is 12. The molecule has 12 rings (SSSR count). The summed E-state index contributed by atoms with van der Waals surface area (Å²) in [5, 5.41) is 12.4. The molecule has 4 aromatic carbocycles. The third-order valence-electron chi connectivity index (χ3n) is 14.3.